The lowest BCUT2D eigenvalue weighted by Gasteiger charge is -2.30. The van der Waals surface area contributed by atoms with Gasteiger partial charge < -0.3 is 0 Å². The first-order valence-corrected chi connectivity index (χ1v) is 9.33. The van der Waals surface area contributed by atoms with E-state index < -0.39 is 0 Å². The zero-order valence-corrected chi connectivity index (χ0v) is 14.2. The molecule has 0 N–H and O–H groups in total. The average molecular weight is 305 g/mol. The minimum Gasteiger partial charge on any atom is -0.0622 e. The fourth-order valence-electron chi connectivity index (χ4n) is 3.99. The first kappa shape index (κ1) is 16.3. The third-order valence-corrected chi connectivity index (χ3v) is 5.36. The van der Waals surface area contributed by atoms with Crippen LogP contribution >= 0.6 is 0 Å². The molecule has 0 amide bonds. The Morgan fingerprint density at radius 3 is 2.04 bits per heavy atom. The van der Waals surface area contributed by atoms with Crippen LogP contribution in [0.2, 0.25) is 0 Å². The molecule has 0 bridgehead atoms. The first-order chi connectivity index (χ1) is 11.4. The summed E-state index contributed by atoms with van der Waals surface area (Å²) < 4.78 is 0. The fourth-order valence-corrected chi connectivity index (χ4v) is 3.99. The molecule has 0 spiro atoms. The Labute approximate surface area is 141 Å². The van der Waals surface area contributed by atoms with Crippen LogP contribution in [-0.2, 0) is 12.8 Å². The van der Waals surface area contributed by atoms with Crippen molar-refractivity contribution < 1.29 is 0 Å². The molecule has 0 saturated heterocycles. The molecule has 0 heteroatoms. The Balaban J connectivity index is 1.58. The Bertz CT molecular complexity index is 493. The Morgan fingerprint density at radius 2 is 1.39 bits per heavy atom. The molecular weight excluding hydrogens is 276 g/mol. The summed E-state index contributed by atoms with van der Waals surface area (Å²) in [4.78, 5) is 0. The van der Waals surface area contributed by atoms with E-state index in [0.29, 0.717) is 0 Å². The molecule has 1 aliphatic rings. The summed E-state index contributed by atoms with van der Waals surface area (Å²) in [6.07, 6.45) is 13.5. The van der Waals surface area contributed by atoms with E-state index >= 15 is 0 Å². The molecule has 0 aromatic heterocycles. The van der Waals surface area contributed by atoms with Crippen LogP contribution in [-0.4, -0.2) is 0 Å². The molecule has 1 atom stereocenters. The summed E-state index contributed by atoms with van der Waals surface area (Å²) in [6.45, 7) is 0. The Morgan fingerprint density at radius 1 is 0.783 bits per heavy atom. The van der Waals surface area contributed by atoms with Gasteiger partial charge in [-0.3, -0.25) is 0 Å². The maximum Gasteiger partial charge on any atom is -0.0245 e. The molecule has 0 aliphatic heterocycles. The molecule has 23 heavy (non-hydrogen) atoms. The van der Waals surface area contributed by atoms with Crippen molar-refractivity contribution in [3.05, 3.63) is 78.2 Å². The minimum atomic E-state index is 0.774. The Hall–Kier alpha value is -1.56. The molecule has 2 aromatic rings. The van der Waals surface area contributed by atoms with E-state index in [1.807, 2.05) is 0 Å². The molecule has 3 rings (SSSR count). The highest BCUT2D eigenvalue weighted by Crippen LogP contribution is 2.34. The van der Waals surface area contributed by atoms with Crippen LogP contribution in [0.15, 0.2) is 60.7 Å². The lowest BCUT2D eigenvalue weighted by Crippen LogP contribution is -2.20. The van der Waals surface area contributed by atoms with Gasteiger partial charge in [0.1, 0.15) is 0 Å². The maximum absolute atomic E-state index is 2.62. The quantitative estimate of drug-likeness (QED) is 0.566. The van der Waals surface area contributed by atoms with Gasteiger partial charge in [-0.1, -0.05) is 92.8 Å². The average Bonchev–Trinajstić information content (AvgIpc) is 2.64. The van der Waals surface area contributed by atoms with Crippen molar-refractivity contribution in [2.24, 2.45) is 11.8 Å². The first-order valence-electron chi connectivity index (χ1n) is 9.33. The molecule has 121 valence electrons. The molecule has 1 radical (unpaired) electrons. The Kier molecular flexibility index (Phi) is 6.32. The van der Waals surface area contributed by atoms with Crippen molar-refractivity contribution in [1.29, 1.82) is 0 Å². The van der Waals surface area contributed by atoms with E-state index in [2.05, 4.69) is 67.1 Å². The van der Waals surface area contributed by atoms with E-state index in [4.69, 9.17) is 0 Å². The maximum atomic E-state index is 2.62. The zero-order valence-electron chi connectivity index (χ0n) is 14.2. The molecule has 1 fully saturated rings. The minimum absolute atomic E-state index is 0.774. The van der Waals surface area contributed by atoms with Crippen molar-refractivity contribution in [1.82, 2.24) is 0 Å². The van der Waals surface area contributed by atoms with Crippen LogP contribution in [0.1, 0.15) is 49.7 Å². The topological polar surface area (TPSA) is 0 Å². The third kappa shape index (κ3) is 5.23. The smallest absolute Gasteiger partial charge is 0.0245 e. The van der Waals surface area contributed by atoms with Crippen molar-refractivity contribution in [2.45, 2.75) is 51.4 Å². The summed E-state index contributed by atoms with van der Waals surface area (Å²) in [5.41, 5.74) is 2.94. The van der Waals surface area contributed by atoms with E-state index in [-0.39, 0.29) is 0 Å². The highest BCUT2D eigenvalue weighted by Gasteiger charge is 2.23. The van der Waals surface area contributed by atoms with E-state index in [0.717, 1.165) is 18.3 Å². The standard InChI is InChI=1S/C23H29/c1-4-10-20(11-5-1)16-18-23(22-14-8-3-9-15-22)19-17-21-12-6-2-7-13-21/h1-2,4-7,10-13,18,22-23H,3,8-9,14-17,19H2. The second kappa shape index (κ2) is 8.91. The number of benzene rings is 2. The van der Waals surface area contributed by atoms with Gasteiger partial charge in [-0.15, -0.1) is 0 Å². The summed E-state index contributed by atoms with van der Waals surface area (Å²) in [5, 5.41) is 0. The number of rotatable bonds is 7. The molecular formula is C23H29. The summed E-state index contributed by atoms with van der Waals surface area (Å²) in [7, 11) is 0. The fraction of sp³-hybridized carbons (Fsp3) is 0.435. The van der Waals surface area contributed by atoms with Crippen molar-refractivity contribution in [3.63, 3.8) is 0 Å². The van der Waals surface area contributed by atoms with Gasteiger partial charge in [0.05, 0.1) is 0 Å². The van der Waals surface area contributed by atoms with Crippen LogP contribution in [0.3, 0.4) is 0 Å². The SMILES string of the molecule is [CH](Cc1ccccc1)C(CCc1ccccc1)C1CCCCC1. The molecule has 1 unspecified atom stereocenters. The molecule has 2 aromatic carbocycles. The van der Waals surface area contributed by atoms with Crippen LogP contribution in [0.4, 0.5) is 0 Å². The summed E-state index contributed by atoms with van der Waals surface area (Å²) >= 11 is 0. The zero-order chi connectivity index (χ0) is 15.7. The number of aryl methyl sites for hydroxylation is 1. The lowest BCUT2D eigenvalue weighted by molar-refractivity contribution is 0.260. The number of hydrogen-bond donors (Lipinski definition) is 0. The van der Waals surface area contributed by atoms with E-state index in [1.165, 1.54) is 56.1 Å². The second-order valence-electron chi connectivity index (χ2n) is 7.01. The highest BCUT2D eigenvalue weighted by molar-refractivity contribution is 5.18. The molecule has 0 nitrogen and oxygen atoms in total. The van der Waals surface area contributed by atoms with Gasteiger partial charge in [0.25, 0.3) is 0 Å². The predicted molar refractivity (Wildman–Crippen MR) is 99.3 cm³/mol. The van der Waals surface area contributed by atoms with Crippen molar-refractivity contribution in [3.8, 4) is 0 Å². The van der Waals surface area contributed by atoms with Crippen LogP contribution in [0.25, 0.3) is 0 Å². The van der Waals surface area contributed by atoms with Gasteiger partial charge in [-0.2, -0.15) is 0 Å². The van der Waals surface area contributed by atoms with E-state index in [9.17, 15) is 0 Å². The van der Waals surface area contributed by atoms with E-state index in [1.54, 1.807) is 0 Å². The lowest BCUT2D eigenvalue weighted by atomic mass is 9.75. The largest absolute Gasteiger partial charge is 0.0622 e. The van der Waals surface area contributed by atoms with Crippen LogP contribution < -0.4 is 0 Å². The van der Waals surface area contributed by atoms with Gasteiger partial charge in [0.2, 0.25) is 0 Å². The van der Waals surface area contributed by atoms with Gasteiger partial charge >= 0.3 is 0 Å². The van der Waals surface area contributed by atoms with Gasteiger partial charge in [0, 0.05) is 0 Å². The molecule has 0 heterocycles. The number of hydrogen-bond acceptors (Lipinski definition) is 0. The second-order valence-corrected chi connectivity index (χ2v) is 7.01. The van der Waals surface area contributed by atoms with Gasteiger partial charge in [0.15, 0.2) is 0 Å². The summed E-state index contributed by atoms with van der Waals surface area (Å²) in [5.74, 6) is 1.69. The predicted octanol–water partition coefficient (Wildman–Crippen LogP) is 6.26. The van der Waals surface area contributed by atoms with Crippen LogP contribution in [0.5, 0.6) is 0 Å². The summed E-state index contributed by atoms with van der Waals surface area (Å²) in [6, 6.07) is 21.9. The van der Waals surface area contributed by atoms with Gasteiger partial charge in [-0.25, -0.2) is 0 Å². The highest BCUT2D eigenvalue weighted by atomic mass is 14.3. The van der Waals surface area contributed by atoms with Gasteiger partial charge in [-0.05, 0) is 48.6 Å². The molecule has 1 saturated carbocycles. The third-order valence-electron chi connectivity index (χ3n) is 5.36. The van der Waals surface area contributed by atoms with Crippen LogP contribution in [0, 0.1) is 18.3 Å². The molecule has 1 aliphatic carbocycles. The monoisotopic (exact) mass is 305 g/mol. The normalized spacial score (nSPS) is 15.9. The van der Waals surface area contributed by atoms with Crippen molar-refractivity contribution in [2.75, 3.05) is 0 Å². The van der Waals surface area contributed by atoms with Crippen molar-refractivity contribution >= 4 is 0 Å².